The van der Waals surface area contributed by atoms with Crippen LogP contribution in [0.15, 0.2) is 29.1 Å². The van der Waals surface area contributed by atoms with Crippen LogP contribution in [0.2, 0.25) is 0 Å². The number of carbonyl (C=O) groups is 1. The lowest BCUT2D eigenvalue weighted by Gasteiger charge is -2.12. The zero-order chi connectivity index (χ0) is 15.4. The van der Waals surface area contributed by atoms with Crippen LogP contribution in [0.5, 0.6) is 11.5 Å². The van der Waals surface area contributed by atoms with Crippen molar-refractivity contribution in [3.05, 3.63) is 40.2 Å². The largest absolute Gasteiger partial charge is 0.493 e. The number of amides is 1. The number of benzene rings is 1. The van der Waals surface area contributed by atoms with Gasteiger partial charge in [0.1, 0.15) is 0 Å². The average molecular weight is 290 g/mol. The van der Waals surface area contributed by atoms with Crippen LogP contribution in [-0.4, -0.2) is 30.3 Å². The third-order valence-corrected chi connectivity index (χ3v) is 2.72. The SMILES string of the molecule is COc1cc(N)c(C(=O)Nc2ccc(=O)[nH]n2)cc1OC. The summed E-state index contributed by atoms with van der Waals surface area (Å²) in [6.45, 7) is 0. The van der Waals surface area contributed by atoms with Crippen molar-refractivity contribution in [1.29, 1.82) is 0 Å². The second-order valence-corrected chi connectivity index (χ2v) is 4.05. The Hall–Kier alpha value is -3.03. The Morgan fingerprint density at radius 1 is 1.24 bits per heavy atom. The van der Waals surface area contributed by atoms with E-state index in [0.29, 0.717) is 11.5 Å². The zero-order valence-corrected chi connectivity index (χ0v) is 11.5. The summed E-state index contributed by atoms with van der Waals surface area (Å²) in [5.74, 6) is 0.529. The second kappa shape index (κ2) is 5.95. The molecule has 1 heterocycles. The van der Waals surface area contributed by atoms with Crippen LogP contribution >= 0.6 is 0 Å². The summed E-state index contributed by atoms with van der Waals surface area (Å²) in [5.41, 5.74) is 5.90. The Labute approximate surface area is 119 Å². The average Bonchev–Trinajstić information content (AvgIpc) is 2.49. The van der Waals surface area contributed by atoms with Crippen molar-refractivity contribution < 1.29 is 14.3 Å². The number of hydrogen-bond acceptors (Lipinski definition) is 6. The molecule has 0 atom stereocenters. The van der Waals surface area contributed by atoms with Crippen molar-refractivity contribution in [2.75, 3.05) is 25.3 Å². The maximum absolute atomic E-state index is 12.2. The van der Waals surface area contributed by atoms with Crippen molar-refractivity contribution in [1.82, 2.24) is 10.2 Å². The van der Waals surface area contributed by atoms with Crippen LogP contribution in [0.4, 0.5) is 11.5 Å². The molecule has 8 nitrogen and oxygen atoms in total. The number of nitrogens with one attached hydrogen (secondary N) is 2. The maximum Gasteiger partial charge on any atom is 0.264 e. The first-order valence-electron chi connectivity index (χ1n) is 5.93. The van der Waals surface area contributed by atoms with Gasteiger partial charge in [0.15, 0.2) is 17.3 Å². The van der Waals surface area contributed by atoms with Gasteiger partial charge in [-0.25, -0.2) is 5.10 Å². The fourth-order valence-corrected chi connectivity index (χ4v) is 1.69. The molecule has 0 aliphatic carbocycles. The van der Waals surface area contributed by atoms with Crippen molar-refractivity contribution >= 4 is 17.4 Å². The zero-order valence-electron chi connectivity index (χ0n) is 11.5. The van der Waals surface area contributed by atoms with Gasteiger partial charge in [-0.3, -0.25) is 9.59 Å². The number of aromatic nitrogens is 2. The van der Waals surface area contributed by atoms with Crippen LogP contribution in [0, 0.1) is 0 Å². The molecule has 4 N–H and O–H groups in total. The molecule has 0 saturated heterocycles. The molecule has 0 aliphatic heterocycles. The summed E-state index contributed by atoms with van der Waals surface area (Å²) in [6.07, 6.45) is 0. The van der Waals surface area contributed by atoms with E-state index in [-0.39, 0.29) is 22.6 Å². The number of nitrogen functional groups attached to an aromatic ring is 1. The van der Waals surface area contributed by atoms with Crippen molar-refractivity contribution in [3.8, 4) is 11.5 Å². The van der Waals surface area contributed by atoms with Crippen molar-refractivity contribution in [2.24, 2.45) is 0 Å². The van der Waals surface area contributed by atoms with Crippen LogP contribution in [0.3, 0.4) is 0 Å². The molecule has 2 aromatic rings. The molecule has 1 amide bonds. The quantitative estimate of drug-likeness (QED) is 0.710. The van der Waals surface area contributed by atoms with Gasteiger partial charge in [-0.2, -0.15) is 5.10 Å². The minimum absolute atomic E-state index is 0.203. The predicted octanol–water partition coefficient (Wildman–Crippen LogP) is 0.622. The lowest BCUT2D eigenvalue weighted by atomic mass is 10.1. The molecule has 0 bridgehead atoms. The molecule has 0 unspecified atom stereocenters. The fraction of sp³-hybridized carbons (Fsp3) is 0.154. The number of nitrogens with two attached hydrogens (primary N) is 1. The summed E-state index contributed by atoms with van der Waals surface area (Å²) in [5, 5.41) is 8.42. The first-order valence-corrected chi connectivity index (χ1v) is 5.93. The Bertz CT molecular complexity index is 706. The van der Waals surface area contributed by atoms with Gasteiger partial charge >= 0.3 is 0 Å². The molecule has 1 aromatic heterocycles. The Morgan fingerprint density at radius 2 is 1.90 bits per heavy atom. The van der Waals surface area contributed by atoms with Gasteiger partial charge in [0.05, 0.1) is 19.8 Å². The number of rotatable bonds is 4. The molecule has 0 saturated carbocycles. The summed E-state index contributed by atoms with van der Waals surface area (Å²) >= 11 is 0. The van der Waals surface area contributed by atoms with E-state index in [4.69, 9.17) is 15.2 Å². The van der Waals surface area contributed by atoms with Gasteiger partial charge in [-0.05, 0) is 12.1 Å². The third kappa shape index (κ3) is 3.11. The highest BCUT2D eigenvalue weighted by Gasteiger charge is 2.15. The van der Waals surface area contributed by atoms with Gasteiger partial charge < -0.3 is 20.5 Å². The van der Waals surface area contributed by atoms with E-state index >= 15 is 0 Å². The van der Waals surface area contributed by atoms with Crippen molar-refractivity contribution in [2.45, 2.75) is 0 Å². The van der Waals surface area contributed by atoms with Gasteiger partial charge in [0.25, 0.3) is 11.5 Å². The van der Waals surface area contributed by atoms with E-state index in [9.17, 15) is 9.59 Å². The molecule has 0 radical (unpaired) electrons. The highest BCUT2D eigenvalue weighted by atomic mass is 16.5. The number of nitrogens with zero attached hydrogens (tertiary/aromatic N) is 1. The minimum Gasteiger partial charge on any atom is -0.493 e. The highest BCUT2D eigenvalue weighted by Crippen LogP contribution is 2.32. The molecule has 8 heteroatoms. The number of anilines is 2. The number of hydrogen-bond donors (Lipinski definition) is 3. The van der Waals surface area contributed by atoms with E-state index in [0.717, 1.165) is 0 Å². The van der Waals surface area contributed by atoms with E-state index in [1.807, 2.05) is 0 Å². The maximum atomic E-state index is 12.2. The minimum atomic E-state index is -0.479. The topological polar surface area (TPSA) is 119 Å². The van der Waals surface area contributed by atoms with E-state index < -0.39 is 5.91 Å². The Morgan fingerprint density at radius 3 is 2.48 bits per heavy atom. The lowest BCUT2D eigenvalue weighted by molar-refractivity contribution is 0.102. The van der Waals surface area contributed by atoms with E-state index in [1.165, 1.54) is 38.5 Å². The molecule has 21 heavy (non-hydrogen) atoms. The molecule has 1 aromatic carbocycles. The second-order valence-electron chi connectivity index (χ2n) is 4.05. The van der Waals surface area contributed by atoms with Crippen LogP contribution < -0.4 is 26.1 Å². The van der Waals surface area contributed by atoms with Gasteiger partial charge in [0, 0.05) is 17.8 Å². The number of methoxy groups -OCH3 is 2. The van der Waals surface area contributed by atoms with Gasteiger partial charge in [0.2, 0.25) is 0 Å². The number of ether oxygens (including phenoxy) is 2. The lowest BCUT2D eigenvalue weighted by Crippen LogP contribution is -2.17. The summed E-state index contributed by atoms with van der Waals surface area (Å²) < 4.78 is 10.2. The summed E-state index contributed by atoms with van der Waals surface area (Å²) in [6, 6.07) is 5.59. The standard InChI is InChI=1S/C13H14N4O4/c1-20-9-5-7(8(14)6-10(9)21-2)13(19)15-11-3-4-12(18)17-16-11/h3-6H,14H2,1-2H3,(H,17,18)(H,15,16,19). The monoisotopic (exact) mass is 290 g/mol. The smallest absolute Gasteiger partial charge is 0.264 e. The van der Waals surface area contributed by atoms with E-state index in [1.54, 1.807) is 0 Å². The molecular formula is C13H14N4O4. The summed E-state index contributed by atoms with van der Waals surface area (Å²) in [7, 11) is 2.93. The fourth-order valence-electron chi connectivity index (χ4n) is 1.69. The molecular weight excluding hydrogens is 276 g/mol. The third-order valence-electron chi connectivity index (χ3n) is 2.72. The molecule has 2 rings (SSSR count). The first kappa shape index (κ1) is 14.4. The Balaban J connectivity index is 2.30. The van der Waals surface area contributed by atoms with Crippen molar-refractivity contribution in [3.63, 3.8) is 0 Å². The van der Waals surface area contributed by atoms with E-state index in [2.05, 4.69) is 15.5 Å². The number of H-pyrrole nitrogens is 1. The first-order chi connectivity index (χ1) is 10.0. The van der Waals surface area contributed by atoms with Crippen LogP contribution in [-0.2, 0) is 0 Å². The molecule has 0 fully saturated rings. The highest BCUT2D eigenvalue weighted by molar-refractivity contribution is 6.07. The normalized spacial score (nSPS) is 10.0. The van der Waals surface area contributed by atoms with Crippen LogP contribution in [0.25, 0.3) is 0 Å². The van der Waals surface area contributed by atoms with Gasteiger partial charge in [-0.1, -0.05) is 0 Å². The predicted molar refractivity (Wildman–Crippen MR) is 76.8 cm³/mol. The molecule has 110 valence electrons. The van der Waals surface area contributed by atoms with Gasteiger partial charge in [-0.15, -0.1) is 0 Å². The number of aromatic amines is 1. The van der Waals surface area contributed by atoms with Crippen LogP contribution in [0.1, 0.15) is 10.4 Å². The molecule has 0 spiro atoms. The molecule has 0 aliphatic rings. The number of carbonyl (C=O) groups excluding carboxylic acids is 1. The Kier molecular flexibility index (Phi) is 4.07. The summed E-state index contributed by atoms with van der Waals surface area (Å²) in [4.78, 5) is 23.1.